The Labute approximate surface area is 121 Å². The fourth-order valence-corrected chi connectivity index (χ4v) is 2.74. The van der Waals surface area contributed by atoms with Crippen molar-refractivity contribution in [3.8, 4) is 0 Å². The number of carbonyl (C=O) groups is 1. The largest absolute Gasteiger partial charge is 0.325 e. The van der Waals surface area contributed by atoms with Crippen molar-refractivity contribution in [3.05, 3.63) is 29.8 Å². The fourth-order valence-electron chi connectivity index (χ4n) is 2.74. The topological polar surface area (TPSA) is 44.4 Å². The Hall–Kier alpha value is -1.39. The van der Waals surface area contributed by atoms with E-state index in [1.54, 1.807) is 0 Å². The van der Waals surface area contributed by atoms with Crippen LogP contribution in [0.3, 0.4) is 0 Å². The van der Waals surface area contributed by atoms with E-state index in [0.29, 0.717) is 12.6 Å². The van der Waals surface area contributed by atoms with E-state index >= 15 is 0 Å². The highest BCUT2D eigenvalue weighted by Gasteiger charge is 2.22. The molecule has 4 nitrogen and oxygen atoms in total. The van der Waals surface area contributed by atoms with Crippen molar-refractivity contribution in [1.82, 2.24) is 10.2 Å². The number of amides is 1. The van der Waals surface area contributed by atoms with Crippen molar-refractivity contribution in [2.45, 2.75) is 32.7 Å². The van der Waals surface area contributed by atoms with Crippen LogP contribution in [0.4, 0.5) is 5.69 Å². The number of rotatable bonds is 6. The Kier molecular flexibility index (Phi) is 5.56. The standard InChI is InChI=1S/C16H25N3O/c1-3-19-10-4-5-15(19)11-17-12-16(20)18-14-8-6-13(2)7-9-14/h6-9,15,17H,3-5,10-12H2,1-2H3,(H,18,20). The number of likely N-dealkylation sites (N-methyl/N-ethyl adjacent to an activating group) is 1. The molecule has 0 aromatic heterocycles. The lowest BCUT2D eigenvalue weighted by Gasteiger charge is -2.22. The highest BCUT2D eigenvalue weighted by Crippen LogP contribution is 2.15. The summed E-state index contributed by atoms with van der Waals surface area (Å²) in [5.74, 6) is 0.0231. The lowest BCUT2D eigenvalue weighted by atomic mass is 10.2. The first kappa shape index (κ1) is 15.0. The third kappa shape index (κ3) is 4.32. The molecule has 0 spiro atoms. The van der Waals surface area contributed by atoms with E-state index in [0.717, 1.165) is 18.8 Å². The molecule has 1 unspecified atom stereocenters. The molecule has 20 heavy (non-hydrogen) atoms. The van der Waals surface area contributed by atoms with E-state index in [2.05, 4.69) is 22.5 Å². The molecule has 110 valence electrons. The Morgan fingerprint density at radius 1 is 1.35 bits per heavy atom. The number of carbonyl (C=O) groups excluding carboxylic acids is 1. The summed E-state index contributed by atoms with van der Waals surface area (Å²) in [6.07, 6.45) is 2.51. The molecular formula is C16H25N3O. The maximum Gasteiger partial charge on any atom is 0.238 e. The van der Waals surface area contributed by atoms with Gasteiger partial charge < -0.3 is 10.6 Å². The molecule has 2 N–H and O–H groups in total. The van der Waals surface area contributed by atoms with Crippen molar-refractivity contribution in [2.24, 2.45) is 0 Å². The van der Waals surface area contributed by atoms with Crippen LogP contribution in [0.5, 0.6) is 0 Å². The summed E-state index contributed by atoms with van der Waals surface area (Å²) in [7, 11) is 0. The number of hydrogen-bond acceptors (Lipinski definition) is 3. The van der Waals surface area contributed by atoms with Gasteiger partial charge in [-0.2, -0.15) is 0 Å². The summed E-state index contributed by atoms with van der Waals surface area (Å²) in [5, 5.41) is 6.17. The molecule has 0 aliphatic carbocycles. The number of aryl methyl sites for hydroxylation is 1. The Bertz CT molecular complexity index is 430. The van der Waals surface area contributed by atoms with E-state index in [1.165, 1.54) is 24.9 Å². The molecule has 1 heterocycles. The van der Waals surface area contributed by atoms with Gasteiger partial charge >= 0.3 is 0 Å². The van der Waals surface area contributed by atoms with E-state index in [4.69, 9.17) is 0 Å². The molecule has 2 rings (SSSR count). The van der Waals surface area contributed by atoms with Crippen LogP contribution in [0.15, 0.2) is 24.3 Å². The molecule has 0 radical (unpaired) electrons. The van der Waals surface area contributed by atoms with Gasteiger partial charge in [0.05, 0.1) is 6.54 Å². The van der Waals surface area contributed by atoms with Gasteiger partial charge in [0.15, 0.2) is 0 Å². The van der Waals surface area contributed by atoms with Crippen LogP contribution in [-0.4, -0.2) is 43.0 Å². The van der Waals surface area contributed by atoms with Gasteiger partial charge in [0.1, 0.15) is 0 Å². The van der Waals surface area contributed by atoms with E-state index in [1.807, 2.05) is 31.2 Å². The zero-order valence-electron chi connectivity index (χ0n) is 12.5. The van der Waals surface area contributed by atoms with E-state index < -0.39 is 0 Å². The molecular weight excluding hydrogens is 250 g/mol. The van der Waals surface area contributed by atoms with Gasteiger partial charge in [-0.25, -0.2) is 0 Å². The molecule has 0 bridgehead atoms. The predicted octanol–water partition coefficient (Wildman–Crippen LogP) is 2.01. The van der Waals surface area contributed by atoms with Gasteiger partial charge in [0.2, 0.25) is 5.91 Å². The number of benzene rings is 1. The fraction of sp³-hybridized carbons (Fsp3) is 0.562. The SMILES string of the molecule is CCN1CCCC1CNCC(=O)Nc1ccc(C)cc1. The molecule has 1 atom stereocenters. The van der Waals surface area contributed by atoms with Crippen molar-refractivity contribution in [1.29, 1.82) is 0 Å². The minimum atomic E-state index is 0.0231. The molecule has 1 amide bonds. The maximum absolute atomic E-state index is 11.8. The highest BCUT2D eigenvalue weighted by molar-refractivity contribution is 5.92. The molecule has 0 saturated carbocycles. The minimum absolute atomic E-state index is 0.0231. The van der Waals surface area contributed by atoms with Gasteiger partial charge in [-0.05, 0) is 45.0 Å². The second-order valence-corrected chi connectivity index (χ2v) is 5.47. The summed E-state index contributed by atoms with van der Waals surface area (Å²) >= 11 is 0. The molecule has 1 aromatic carbocycles. The molecule has 1 fully saturated rings. The van der Waals surface area contributed by atoms with Crippen molar-refractivity contribution >= 4 is 11.6 Å². The van der Waals surface area contributed by atoms with Gasteiger partial charge in [0, 0.05) is 18.3 Å². The van der Waals surface area contributed by atoms with Gasteiger partial charge in [-0.3, -0.25) is 9.69 Å². The summed E-state index contributed by atoms with van der Waals surface area (Å²) < 4.78 is 0. The average Bonchev–Trinajstić information content (AvgIpc) is 2.89. The van der Waals surface area contributed by atoms with Crippen LogP contribution < -0.4 is 10.6 Å². The number of anilines is 1. The van der Waals surface area contributed by atoms with Crippen molar-refractivity contribution in [2.75, 3.05) is 31.5 Å². The van der Waals surface area contributed by atoms with E-state index in [-0.39, 0.29) is 5.91 Å². The molecule has 1 aliphatic heterocycles. The second kappa shape index (κ2) is 7.41. The zero-order valence-corrected chi connectivity index (χ0v) is 12.5. The summed E-state index contributed by atoms with van der Waals surface area (Å²) in [5.41, 5.74) is 2.06. The van der Waals surface area contributed by atoms with Gasteiger partial charge in [-0.15, -0.1) is 0 Å². The second-order valence-electron chi connectivity index (χ2n) is 5.47. The summed E-state index contributed by atoms with van der Waals surface area (Å²) in [6.45, 7) is 7.80. The van der Waals surface area contributed by atoms with Crippen LogP contribution in [0.2, 0.25) is 0 Å². The van der Waals surface area contributed by atoms with Gasteiger partial charge in [0.25, 0.3) is 0 Å². The van der Waals surface area contributed by atoms with Crippen molar-refractivity contribution in [3.63, 3.8) is 0 Å². The van der Waals surface area contributed by atoms with Crippen LogP contribution in [-0.2, 0) is 4.79 Å². The third-order valence-electron chi connectivity index (χ3n) is 3.91. The number of nitrogens with zero attached hydrogens (tertiary/aromatic N) is 1. The molecule has 1 aliphatic rings. The number of likely N-dealkylation sites (tertiary alicyclic amines) is 1. The molecule has 1 aromatic rings. The van der Waals surface area contributed by atoms with Crippen LogP contribution >= 0.6 is 0 Å². The number of nitrogens with one attached hydrogen (secondary N) is 2. The number of hydrogen-bond donors (Lipinski definition) is 2. The average molecular weight is 275 g/mol. The predicted molar refractivity (Wildman–Crippen MR) is 82.9 cm³/mol. The first-order valence-electron chi connectivity index (χ1n) is 7.50. The highest BCUT2D eigenvalue weighted by atomic mass is 16.1. The summed E-state index contributed by atoms with van der Waals surface area (Å²) in [4.78, 5) is 14.3. The maximum atomic E-state index is 11.8. The first-order valence-corrected chi connectivity index (χ1v) is 7.50. The minimum Gasteiger partial charge on any atom is -0.325 e. The lowest BCUT2D eigenvalue weighted by molar-refractivity contribution is -0.115. The third-order valence-corrected chi connectivity index (χ3v) is 3.91. The normalized spacial score (nSPS) is 19.2. The van der Waals surface area contributed by atoms with Crippen LogP contribution in [0, 0.1) is 6.92 Å². The molecule has 4 heteroatoms. The van der Waals surface area contributed by atoms with Crippen molar-refractivity contribution < 1.29 is 4.79 Å². The zero-order chi connectivity index (χ0) is 14.4. The van der Waals surface area contributed by atoms with Crippen LogP contribution in [0.25, 0.3) is 0 Å². The smallest absolute Gasteiger partial charge is 0.238 e. The summed E-state index contributed by atoms with van der Waals surface area (Å²) in [6, 6.07) is 8.46. The molecule has 1 saturated heterocycles. The first-order chi connectivity index (χ1) is 9.69. The Morgan fingerprint density at radius 3 is 2.80 bits per heavy atom. The van der Waals surface area contributed by atoms with Crippen LogP contribution in [0.1, 0.15) is 25.3 Å². The Morgan fingerprint density at radius 2 is 2.10 bits per heavy atom. The quantitative estimate of drug-likeness (QED) is 0.834. The lowest BCUT2D eigenvalue weighted by Crippen LogP contribution is -2.40. The van der Waals surface area contributed by atoms with E-state index in [9.17, 15) is 4.79 Å². The van der Waals surface area contributed by atoms with Gasteiger partial charge in [-0.1, -0.05) is 24.6 Å². The monoisotopic (exact) mass is 275 g/mol. The Balaban J connectivity index is 1.69.